The second kappa shape index (κ2) is 12.5. The van der Waals surface area contributed by atoms with Gasteiger partial charge >= 0.3 is 259 Å². The van der Waals surface area contributed by atoms with Crippen molar-refractivity contribution in [3.05, 3.63) is 118 Å². The van der Waals surface area contributed by atoms with Crippen molar-refractivity contribution in [2.24, 2.45) is 4.99 Å². The normalized spacial score (nSPS) is 17.3. The molecule has 1 heterocycles. The zero-order chi connectivity index (χ0) is 30.0. The van der Waals surface area contributed by atoms with Gasteiger partial charge in [0, 0.05) is 0 Å². The standard InChI is InChI=1S/C32H35BClN2O.3CH3.Sn/c1-31(2,3)35-23-28-30(29(25-13-9-7-10-14-25)26-15-11-8-12-16-26)37-33(36(28)32(4,5)6)22-21-24-17-19-27(34)20-18-24;;;;/h7-20,22-23,28H,1-6H3;3*1H3;. The summed E-state index contributed by atoms with van der Waals surface area (Å²) in [5.41, 5.74) is 4.20. The van der Waals surface area contributed by atoms with Crippen LogP contribution in [0.15, 0.2) is 102 Å². The van der Waals surface area contributed by atoms with Crippen molar-refractivity contribution in [2.75, 3.05) is 0 Å². The molecule has 0 amide bonds. The Morgan fingerprint density at radius 2 is 1.32 bits per heavy atom. The Hall–Kier alpha value is -2.28. The second-order valence-corrected chi connectivity index (χ2v) is 28.6. The Morgan fingerprint density at radius 1 is 0.805 bits per heavy atom. The minimum absolute atomic E-state index is 0.146. The van der Waals surface area contributed by atoms with Gasteiger partial charge in [0.25, 0.3) is 0 Å². The molecule has 0 aromatic heterocycles. The molecule has 1 aliphatic rings. The zero-order valence-electron chi connectivity index (χ0n) is 26.1. The van der Waals surface area contributed by atoms with Gasteiger partial charge in [0.15, 0.2) is 0 Å². The monoisotopic (exact) mass is 674 g/mol. The van der Waals surface area contributed by atoms with Crippen molar-refractivity contribution in [3.63, 3.8) is 0 Å². The topological polar surface area (TPSA) is 24.8 Å². The van der Waals surface area contributed by atoms with E-state index >= 15 is 0 Å². The predicted octanol–water partition coefficient (Wildman–Crippen LogP) is 9.46. The number of halogens is 1. The van der Waals surface area contributed by atoms with Crippen LogP contribution in [0.1, 0.15) is 58.2 Å². The molecule has 1 fully saturated rings. The van der Waals surface area contributed by atoms with Gasteiger partial charge in [0.1, 0.15) is 0 Å². The average molecular weight is 674 g/mol. The van der Waals surface area contributed by atoms with E-state index in [4.69, 9.17) is 21.2 Å². The molecule has 3 aromatic rings. The van der Waals surface area contributed by atoms with E-state index in [0.717, 1.165) is 27.5 Å². The number of hydrogen-bond acceptors (Lipinski definition) is 3. The van der Waals surface area contributed by atoms with Crippen molar-refractivity contribution in [2.45, 2.75) is 73.5 Å². The summed E-state index contributed by atoms with van der Waals surface area (Å²) >= 11 is 3.65. The molecule has 1 unspecified atom stereocenters. The van der Waals surface area contributed by atoms with E-state index in [1.165, 1.54) is 9.15 Å². The fourth-order valence-electron chi connectivity index (χ4n) is 5.31. The Balaban J connectivity index is 2.02. The van der Waals surface area contributed by atoms with Gasteiger partial charge < -0.3 is 0 Å². The molecule has 6 heteroatoms. The van der Waals surface area contributed by atoms with Crippen molar-refractivity contribution >= 4 is 52.4 Å². The first-order chi connectivity index (χ1) is 19.1. The van der Waals surface area contributed by atoms with Crippen LogP contribution in [-0.2, 0) is 4.65 Å². The molecule has 1 saturated heterocycles. The second-order valence-electron chi connectivity index (χ2n) is 13.8. The Morgan fingerprint density at radius 3 is 1.76 bits per heavy atom. The van der Waals surface area contributed by atoms with Gasteiger partial charge in [0.2, 0.25) is 0 Å². The Kier molecular flexibility index (Phi) is 9.67. The molecule has 0 N–H and O–H groups in total. The molecular formula is C35H44BClN2OSn. The maximum atomic E-state index is 7.17. The molecule has 41 heavy (non-hydrogen) atoms. The van der Waals surface area contributed by atoms with E-state index in [-0.39, 0.29) is 24.2 Å². The van der Waals surface area contributed by atoms with Crippen LogP contribution in [0.3, 0.4) is 0 Å². The summed E-state index contributed by atoms with van der Waals surface area (Å²) in [6.07, 6.45) is 2.11. The summed E-state index contributed by atoms with van der Waals surface area (Å²) in [6.45, 7) is 13.2. The molecular weight excluding hydrogens is 629 g/mol. The van der Waals surface area contributed by atoms with E-state index in [1.54, 1.807) is 0 Å². The van der Waals surface area contributed by atoms with Crippen LogP contribution < -0.4 is 0 Å². The third kappa shape index (κ3) is 7.97. The van der Waals surface area contributed by atoms with Crippen molar-refractivity contribution < 1.29 is 4.65 Å². The summed E-state index contributed by atoms with van der Waals surface area (Å²) in [4.78, 5) is 14.9. The predicted molar refractivity (Wildman–Crippen MR) is 182 cm³/mol. The van der Waals surface area contributed by atoms with Gasteiger partial charge in [-0.15, -0.1) is 0 Å². The van der Waals surface area contributed by atoms with Crippen LogP contribution in [0.5, 0.6) is 0 Å². The number of rotatable bonds is 6. The molecule has 3 aromatic carbocycles. The molecule has 214 valence electrons. The Bertz CT molecular complexity index is 1370. The van der Waals surface area contributed by atoms with Gasteiger partial charge in [0.05, 0.1) is 0 Å². The molecule has 1 atom stereocenters. The van der Waals surface area contributed by atoms with Crippen molar-refractivity contribution in [1.82, 2.24) is 4.81 Å². The van der Waals surface area contributed by atoms with Crippen LogP contribution >= 0.6 is 11.6 Å². The fraction of sp³-hybridized carbons (Fsp3) is 0.343. The number of benzene rings is 3. The minimum atomic E-state index is -2.64. The first-order valence-electron chi connectivity index (χ1n) is 14.5. The maximum absolute atomic E-state index is 7.17. The zero-order valence-corrected chi connectivity index (χ0v) is 29.7. The Labute approximate surface area is 257 Å². The molecule has 0 bridgehead atoms. The molecule has 0 spiro atoms. The molecule has 1 aliphatic heterocycles. The third-order valence-corrected chi connectivity index (χ3v) is 13.3. The van der Waals surface area contributed by atoms with Crippen LogP contribution in [0.4, 0.5) is 0 Å². The van der Waals surface area contributed by atoms with Crippen LogP contribution in [0.2, 0.25) is 19.8 Å². The van der Waals surface area contributed by atoms with Gasteiger partial charge in [-0.1, -0.05) is 0 Å². The van der Waals surface area contributed by atoms with E-state index in [9.17, 15) is 0 Å². The first kappa shape index (κ1) is 31.7. The number of nitrogens with zero attached hydrogens (tertiary/aromatic N) is 2. The number of hydrogen-bond donors (Lipinski definition) is 0. The van der Waals surface area contributed by atoms with E-state index in [2.05, 4.69) is 146 Å². The van der Waals surface area contributed by atoms with Gasteiger partial charge in [-0.2, -0.15) is 0 Å². The summed E-state index contributed by atoms with van der Waals surface area (Å²) in [6, 6.07) is 29.3. The van der Waals surface area contributed by atoms with Crippen molar-refractivity contribution in [3.8, 4) is 0 Å². The number of aliphatic imine (C=N–C) groups is 1. The van der Waals surface area contributed by atoms with Gasteiger partial charge in [-0.05, 0) is 0 Å². The van der Waals surface area contributed by atoms with E-state index in [0.29, 0.717) is 0 Å². The van der Waals surface area contributed by atoms with Crippen LogP contribution in [-0.4, -0.2) is 53.6 Å². The van der Waals surface area contributed by atoms with Crippen molar-refractivity contribution in [1.29, 1.82) is 0 Å². The summed E-state index contributed by atoms with van der Waals surface area (Å²) in [5.74, 6) is 3.33. The molecule has 0 radical (unpaired) electrons. The molecule has 3 nitrogen and oxygen atoms in total. The summed E-state index contributed by atoms with van der Waals surface area (Å²) in [7, 11) is -0.259. The molecule has 0 saturated carbocycles. The quantitative estimate of drug-likeness (QED) is 0.192. The average Bonchev–Trinajstić information content (AvgIpc) is 3.25. The third-order valence-electron chi connectivity index (χ3n) is 7.11. The van der Waals surface area contributed by atoms with E-state index < -0.39 is 18.4 Å². The van der Waals surface area contributed by atoms with Crippen LogP contribution in [0.25, 0.3) is 9.16 Å². The van der Waals surface area contributed by atoms with Gasteiger partial charge in [-0.3, -0.25) is 0 Å². The summed E-state index contributed by atoms with van der Waals surface area (Å²) < 4.78 is 8.59. The van der Waals surface area contributed by atoms with Crippen LogP contribution in [0, 0.1) is 0 Å². The van der Waals surface area contributed by atoms with E-state index in [1.807, 2.05) is 12.1 Å². The molecule has 4 rings (SSSR count). The molecule has 0 aliphatic carbocycles. The fourth-order valence-corrected chi connectivity index (χ4v) is 10.2. The SMILES string of the molecule is CC(C)(C)N=CC1C(=C(c2ccccc2)c2ccccc2)OB(/C=[C](\c2ccc(Cl)cc2)[Sn]([CH3])([CH3])[CH3])N1C(C)(C)C. The van der Waals surface area contributed by atoms with Gasteiger partial charge in [-0.25, -0.2) is 0 Å². The first-order valence-corrected chi connectivity index (χ1v) is 24.9. The summed E-state index contributed by atoms with van der Waals surface area (Å²) in [5, 5.41) is 0.754.